The van der Waals surface area contributed by atoms with Crippen molar-refractivity contribution < 1.29 is 14.7 Å². The molecule has 0 atom stereocenters. The van der Waals surface area contributed by atoms with E-state index in [1.165, 1.54) is 13.0 Å². The SMILES string of the molecule is CC(=O)c1cccc(NC(=O)Nc2ccc(O)cc2C)c1. The predicted molar refractivity (Wildman–Crippen MR) is 81.9 cm³/mol. The maximum absolute atomic E-state index is 11.9. The van der Waals surface area contributed by atoms with Crippen molar-refractivity contribution in [1.29, 1.82) is 0 Å². The molecule has 0 heterocycles. The van der Waals surface area contributed by atoms with Gasteiger partial charge in [-0.15, -0.1) is 0 Å². The van der Waals surface area contributed by atoms with Gasteiger partial charge in [0, 0.05) is 16.9 Å². The smallest absolute Gasteiger partial charge is 0.323 e. The second-order valence-corrected chi connectivity index (χ2v) is 4.72. The second kappa shape index (κ2) is 6.09. The molecule has 0 spiro atoms. The van der Waals surface area contributed by atoms with Crippen LogP contribution in [0.1, 0.15) is 22.8 Å². The zero-order valence-corrected chi connectivity index (χ0v) is 11.8. The number of hydrogen-bond acceptors (Lipinski definition) is 3. The standard InChI is InChI=1S/C16H16N2O3/c1-10-8-14(20)6-7-15(10)18-16(21)17-13-5-3-4-12(9-13)11(2)19/h3-9,20H,1-2H3,(H2,17,18,21). The molecule has 2 aromatic rings. The average Bonchev–Trinajstić information content (AvgIpc) is 2.42. The van der Waals surface area contributed by atoms with Gasteiger partial charge in [-0.05, 0) is 49.7 Å². The van der Waals surface area contributed by atoms with Crippen LogP contribution in [0.2, 0.25) is 0 Å². The van der Waals surface area contributed by atoms with Gasteiger partial charge in [0.1, 0.15) is 5.75 Å². The minimum Gasteiger partial charge on any atom is -0.508 e. The van der Waals surface area contributed by atoms with Gasteiger partial charge in [0.05, 0.1) is 0 Å². The Morgan fingerprint density at radius 3 is 2.48 bits per heavy atom. The number of aromatic hydroxyl groups is 1. The van der Waals surface area contributed by atoms with E-state index in [0.29, 0.717) is 16.9 Å². The summed E-state index contributed by atoms with van der Waals surface area (Å²) in [4.78, 5) is 23.2. The Kier molecular flexibility index (Phi) is 4.23. The minimum atomic E-state index is -0.413. The Labute approximate surface area is 122 Å². The number of hydrogen-bond donors (Lipinski definition) is 3. The van der Waals surface area contributed by atoms with Gasteiger partial charge in [-0.2, -0.15) is 0 Å². The summed E-state index contributed by atoms with van der Waals surface area (Å²) < 4.78 is 0. The van der Waals surface area contributed by atoms with Crippen molar-refractivity contribution >= 4 is 23.2 Å². The zero-order chi connectivity index (χ0) is 15.4. The fraction of sp³-hybridized carbons (Fsp3) is 0.125. The molecule has 2 rings (SSSR count). The Morgan fingerprint density at radius 1 is 1.05 bits per heavy atom. The molecule has 21 heavy (non-hydrogen) atoms. The lowest BCUT2D eigenvalue weighted by atomic mass is 10.1. The van der Waals surface area contributed by atoms with Crippen LogP contribution in [0.5, 0.6) is 5.75 Å². The molecule has 5 heteroatoms. The summed E-state index contributed by atoms with van der Waals surface area (Å²) in [6, 6.07) is 11.0. The second-order valence-electron chi connectivity index (χ2n) is 4.72. The van der Waals surface area contributed by atoms with Crippen LogP contribution >= 0.6 is 0 Å². The molecule has 0 radical (unpaired) electrons. The largest absolute Gasteiger partial charge is 0.508 e. The molecule has 5 nitrogen and oxygen atoms in total. The Bertz CT molecular complexity index is 696. The van der Waals surface area contributed by atoms with Crippen LogP contribution in [0.15, 0.2) is 42.5 Å². The van der Waals surface area contributed by atoms with E-state index in [0.717, 1.165) is 5.56 Å². The van der Waals surface area contributed by atoms with Crippen LogP contribution in [0.25, 0.3) is 0 Å². The molecular formula is C16H16N2O3. The maximum Gasteiger partial charge on any atom is 0.323 e. The molecule has 0 saturated heterocycles. The molecule has 3 N–H and O–H groups in total. The molecule has 0 bridgehead atoms. The van der Waals surface area contributed by atoms with E-state index in [-0.39, 0.29) is 11.5 Å². The molecule has 2 aromatic carbocycles. The molecule has 0 aliphatic carbocycles. The molecule has 2 amide bonds. The van der Waals surface area contributed by atoms with Gasteiger partial charge in [-0.25, -0.2) is 4.79 Å². The predicted octanol–water partition coefficient (Wildman–Crippen LogP) is 3.55. The minimum absolute atomic E-state index is 0.0616. The first-order valence-electron chi connectivity index (χ1n) is 6.44. The number of benzene rings is 2. The lowest BCUT2D eigenvalue weighted by Gasteiger charge is -2.10. The van der Waals surface area contributed by atoms with Gasteiger partial charge in [0.15, 0.2) is 5.78 Å². The topological polar surface area (TPSA) is 78.4 Å². The number of ketones is 1. The van der Waals surface area contributed by atoms with Gasteiger partial charge in [0.25, 0.3) is 0 Å². The van der Waals surface area contributed by atoms with Crippen LogP contribution in [-0.4, -0.2) is 16.9 Å². The summed E-state index contributed by atoms with van der Waals surface area (Å²) in [5.74, 6) is 0.0843. The number of carbonyl (C=O) groups is 2. The third kappa shape index (κ3) is 3.82. The number of carbonyl (C=O) groups excluding carboxylic acids is 2. The first-order chi connectivity index (χ1) is 9.95. The fourth-order valence-electron chi connectivity index (χ4n) is 1.89. The molecule has 0 saturated carbocycles. The Balaban J connectivity index is 2.08. The van der Waals surface area contributed by atoms with E-state index in [9.17, 15) is 14.7 Å². The maximum atomic E-state index is 11.9. The number of rotatable bonds is 3. The lowest BCUT2D eigenvalue weighted by molar-refractivity contribution is 0.101. The normalized spacial score (nSPS) is 10.0. The first kappa shape index (κ1) is 14.6. The Hall–Kier alpha value is -2.82. The van der Waals surface area contributed by atoms with Crippen LogP contribution in [0.3, 0.4) is 0 Å². The van der Waals surface area contributed by atoms with E-state index in [1.54, 1.807) is 43.3 Å². The van der Waals surface area contributed by atoms with Gasteiger partial charge in [-0.1, -0.05) is 12.1 Å². The van der Waals surface area contributed by atoms with Crippen LogP contribution in [0, 0.1) is 6.92 Å². The van der Waals surface area contributed by atoms with Gasteiger partial charge >= 0.3 is 6.03 Å². The van der Waals surface area contributed by atoms with Gasteiger partial charge < -0.3 is 15.7 Å². The molecule has 108 valence electrons. The number of urea groups is 1. The van der Waals surface area contributed by atoms with Crippen molar-refractivity contribution in [3.63, 3.8) is 0 Å². The summed E-state index contributed by atoms with van der Waals surface area (Å²) in [5.41, 5.74) is 2.43. The molecule has 0 aliphatic rings. The van der Waals surface area contributed by atoms with Gasteiger partial charge in [0.2, 0.25) is 0 Å². The summed E-state index contributed by atoms with van der Waals surface area (Å²) in [6.07, 6.45) is 0. The van der Waals surface area contributed by atoms with Crippen molar-refractivity contribution in [2.24, 2.45) is 0 Å². The Morgan fingerprint density at radius 2 is 1.81 bits per heavy atom. The van der Waals surface area contributed by atoms with Crippen molar-refractivity contribution in [3.8, 4) is 5.75 Å². The highest BCUT2D eigenvalue weighted by molar-refractivity contribution is 6.01. The molecule has 0 aromatic heterocycles. The third-order valence-electron chi connectivity index (χ3n) is 2.99. The highest BCUT2D eigenvalue weighted by atomic mass is 16.3. The molecule has 0 unspecified atom stereocenters. The quantitative estimate of drug-likeness (QED) is 0.595. The molecular weight excluding hydrogens is 268 g/mol. The fourth-order valence-corrected chi connectivity index (χ4v) is 1.89. The number of aryl methyl sites for hydroxylation is 1. The number of phenols is 1. The lowest BCUT2D eigenvalue weighted by Crippen LogP contribution is -2.20. The third-order valence-corrected chi connectivity index (χ3v) is 2.99. The summed E-state index contributed by atoms with van der Waals surface area (Å²) >= 11 is 0. The van der Waals surface area contributed by atoms with E-state index in [4.69, 9.17) is 0 Å². The number of nitrogens with one attached hydrogen (secondary N) is 2. The molecule has 0 aliphatic heterocycles. The number of phenolic OH excluding ortho intramolecular Hbond substituents is 1. The van der Waals surface area contributed by atoms with Crippen molar-refractivity contribution in [1.82, 2.24) is 0 Å². The molecule has 0 fully saturated rings. The monoisotopic (exact) mass is 284 g/mol. The highest BCUT2D eigenvalue weighted by Gasteiger charge is 2.07. The van der Waals surface area contributed by atoms with E-state index in [2.05, 4.69) is 10.6 Å². The summed E-state index contributed by atoms with van der Waals surface area (Å²) in [5, 5.41) is 14.7. The van der Waals surface area contributed by atoms with Crippen LogP contribution in [0.4, 0.5) is 16.2 Å². The number of Topliss-reactive ketones (excluding diaryl/α,β-unsaturated/α-hetero) is 1. The van der Waals surface area contributed by atoms with Crippen molar-refractivity contribution in [2.45, 2.75) is 13.8 Å². The van der Waals surface area contributed by atoms with Crippen LogP contribution in [-0.2, 0) is 0 Å². The van der Waals surface area contributed by atoms with Crippen molar-refractivity contribution in [3.05, 3.63) is 53.6 Å². The van der Waals surface area contributed by atoms with Gasteiger partial charge in [-0.3, -0.25) is 4.79 Å². The average molecular weight is 284 g/mol. The number of anilines is 2. The van der Waals surface area contributed by atoms with E-state index < -0.39 is 6.03 Å². The van der Waals surface area contributed by atoms with E-state index in [1.807, 2.05) is 0 Å². The van der Waals surface area contributed by atoms with E-state index >= 15 is 0 Å². The number of amides is 2. The first-order valence-corrected chi connectivity index (χ1v) is 6.44. The summed E-state index contributed by atoms with van der Waals surface area (Å²) in [6.45, 7) is 3.25. The van der Waals surface area contributed by atoms with Crippen molar-refractivity contribution in [2.75, 3.05) is 10.6 Å². The van der Waals surface area contributed by atoms with Crippen LogP contribution < -0.4 is 10.6 Å². The zero-order valence-electron chi connectivity index (χ0n) is 11.8. The highest BCUT2D eigenvalue weighted by Crippen LogP contribution is 2.20. The summed E-state index contributed by atoms with van der Waals surface area (Å²) in [7, 11) is 0.